The number of hydrogen-bond donors (Lipinski definition) is 4. The van der Waals surface area contributed by atoms with E-state index in [9.17, 15) is 20.1 Å². The van der Waals surface area contributed by atoms with E-state index in [2.05, 4.69) is 22.4 Å². The molecule has 0 radical (unpaired) electrons. The molecule has 6 heteroatoms. The molecule has 1 heterocycles. The molecule has 1 amide bonds. The zero-order valence-corrected chi connectivity index (χ0v) is 19.4. The van der Waals surface area contributed by atoms with Crippen molar-refractivity contribution < 1.29 is 20.1 Å². The smallest absolute Gasteiger partial charge is 0.255 e. The van der Waals surface area contributed by atoms with Gasteiger partial charge in [0.2, 0.25) is 0 Å². The lowest BCUT2D eigenvalue weighted by molar-refractivity contribution is 0.0210. The van der Waals surface area contributed by atoms with Crippen LogP contribution in [0.15, 0.2) is 66.9 Å². The molecule has 1 fully saturated rings. The lowest BCUT2D eigenvalue weighted by Gasteiger charge is -2.47. The Balaban J connectivity index is 1.73. The van der Waals surface area contributed by atoms with Gasteiger partial charge in [0.15, 0.2) is 0 Å². The summed E-state index contributed by atoms with van der Waals surface area (Å²) in [7, 11) is 0. The average Bonchev–Trinajstić information content (AvgIpc) is 2.86. The Morgan fingerprint density at radius 3 is 2.62 bits per heavy atom. The highest BCUT2D eigenvalue weighted by atomic mass is 16.3. The van der Waals surface area contributed by atoms with Crippen LogP contribution in [0.1, 0.15) is 52.0 Å². The average molecular weight is 461 g/mol. The maximum Gasteiger partial charge on any atom is 0.255 e. The van der Waals surface area contributed by atoms with Gasteiger partial charge in [-0.05, 0) is 79.5 Å². The molecule has 1 aromatic heterocycles. The molecular formula is C28H32N2O4. The molecule has 3 atom stereocenters. The highest BCUT2D eigenvalue weighted by Gasteiger charge is 2.45. The third-order valence-corrected chi connectivity index (χ3v) is 7.17. The number of amides is 1. The van der Waals surface area contributed by atoms with Crippen LogP contribution in [0.25, 0.3) is 0 Å². The van der Waals surface area contributed by atoms with E-state index < -0.39 is 11.5 Å². The fourth-order valence-corrected chi connectivity index (χ4v) is 5.35. The molecule has 1 aliphatic carbocycles. The fourth-order valence-electron chi connectivity index (χ4n) is 5.35. The predicted octanol–water partition coefficient (Wildman–Crippen LogP) is 3.77. The monoisotopic (exact) mass is 460 g/mol. The molecule has 0 bridgehead atoms. The van der Waals surface area contributed by atoms with Gasteiger partial charge in [-0.25, -0.2) is 0 Å². The van der Waals surface area contributed by atoms with Crippen LogP contribution in [0.4, 0.5) is 5.69 Å². The molecule has 3 aromatic rings. The lowest BCUT2D eigenvalue weighted by atomic mass is 9.58. The van der Waals surface area contributed by atoms with Crippen molar-refractivity contribution in [3.8, 4) is 0 Å². The second-order valence-electron chi connectivity index (χ2n) is 9.25. The number of nitrogens with one attached hydrogen (secondary N) is 1. The minimum absolute atomic E-state index is 0.0583. The topological polar surface area (TPSA) is 103 Å². The third kappa shape index (κ3) is 4.89. The van der Waals surface area contributed by atoms with Gasteiger partial charge >= 0.3 is 0 Å². The summed E-state index contributed by atoms with van der Waals surface area (Å²) in [5.74, 6) is -0.438. The molecule has 0 aliphatic heterocycles. The second-order valence-corrected chi connectivity index (χ2v) is 9.25. The van der Waals surface area contributed by atoms with Crippen molar-refractivity contribution in [3.05, 3.63) is 94.8 Å². The lowest BCUT2D eigenvalue weighted by Crippen LogP contribution is -2.46. The Labute approximate surface area is 200 Å². The first-order chi connectivity index (χ1) is 16.5. The normalized spacial score (nSPS) is 22.4. The fraction of sp³-hybridized carbons (Fsp3) is 0.357. The quantitative estimate of drug-likeness (QED) is 0.430. The van der Waals surface area contributed by atoms with Crippen molar-refractivity contribution in [1.29, 1.82) is 0 Å². The van der Waals surface area contributed by atoms with Crippen molar-refractivity contribution in [1.82, 2.24) is 4.98 Å². The van der Waals surface area contributed by atoms with E-state index in [-0.39, 0.29) is 25.0 Å². The molecule has 4 rings (SSSR count). The maximum absolute atomic E-state index is 13.0. The zero-order chi connectivity index (χ0) is 24.1. The largest absolute Gasteiger partial charge is 0.396 e. The SMILES string of the molecule is Cc1ncccc1NC(=O)c1ccc(C2(Cc3ccccc3)CCC(O)CC2CO)c(CO)c1. The Bertz CT molecular complexity index is 1130. The Hall–Kier alpha value is -3.06. The highest BCUT2D eigenvalue weighted by molar-refractivity contribution is 6.04. The van der Waals surface area contributed by atoms with Crippen LogP contribution in [-0.2, 0) is 18.4 Å². The maximum atomic E-state index is 13.0. The van der Waals surface area contributed by atoms with Crippen molar-refractivity contribution in [2.45, 2.75) is 50.7 Å². The molecule has 1 aliphatic rings. The molecule has 3 unspecified atom stereocenters. The molecule has 4 N–H and O–H groups in total. The van der Waals surface area contributed by atoms with Crippen LogP contribution in [0, 0.1) is 12.8 Å². The zero-order valence-electron chi connectivity index (χ0n) is 19.4. The van der Waals surface area contributed by atoms with Crippen molar-refractivity contribution >= 4 is 11.6 Å². The summed E-state index contributed by atoms with van der Waals surface area (Å²) in [4.78, 5) is 17.2. The van der Waals surface area contributed by atoms with Crippen LogP contribution in [0.5, 0.6) is 0 Å². The van der Waals surface area contributed by atoms with Gasteiger partial charge in [0.05, 0.1) is 24.1 Å². The van der Waals surface area contributed by atoms with Gasteiger partial charge in [0, 0.05) is 23.8 Å². The van der Waals surface area contributed by atoms with E-state index in [4.69, 9.17) is 0 Å². The van der Waals surface area contributed by atoms with E-state index in [1.54, 1.807) is 30.5 Å². The van der Waals surface area contributed by atoms with Crippen LogP contribution in [-0.4, -0.2) is 38.9 Å². The molecule has 6 nitrogen and oxygen atoms in total. The first kappa shape index (κ1) is 24.1. The molecule has 178 valence electrons. The standard InChI is InChI=1S/C28H32N2O4/c1-19-26(8-5-13-29-19)30-27(34)21-9-10-25(22(14-21)17-31)28(16-20-6-3-2-4-7-20)12-11-24(33)15-23(28)18-32/h2-10,13-14,23-24,31-33H,11-12,15-18H2,1H3,(H,30,34). The molecule has 34 heavy (non-hydrogen) atoms. The van der Waals surface area contributed by atoms with Crippen molar-refractivity contribution in [2.24, 2.45) is 5.92 Å². The molecule has 0 spiro atoms. The number of aliphatic hydroxyl groups excluding tert-OH is 3. The molecular weight excluding hydrogens is 428 g/mol. The van der Waals surface area contributed by atoms with Gasteiger partial charge < -0.3 is 20.6 Å². The van der Waals surface area contributed by atoms with Crippen molar-refractivity contribution in [3.63, 3.8) is 0 Å². The van der Waals surface area contributed by atoms with Gasteiger partial charge in [-0.15, -0.1) is 0 Å². The third-order valence-electron chi connectivity index (χ3n) is 7.17. The van der Waals surface area contributed by atoms with Crippen LogP contribution in [0.3, 0.4) is 0 Å². The summed E-state index contributed by atoms with van der Waals surface area (Å²) in [6, 6.07) is 19.1. The number of carbonyl (C=O) groups is 1. The number of aromatic nitrogens is 1. The van der Waals surface area contributed by atoms with Crippen LogP contribution >= 0.6 is 0 Å². The van der Waals surface area contributed by atoms with Gasteiger partial charge in [-0.1, -0.05) is 36.4 Å². The molecule has 1 saturated carbocycles. The number of pyridine rings is 1. The summed E-state index contributed by atoms with van der Waals surface area (Å²) >= 11 is 0. The van der Waals surface area contributed by atoms with Crippen molar-refractivity contribution in [2.75, 3.05) is 11.9 Å². The van der Waals surface area contributed by atoms with Crippen LogP contribution in [0.2, 0.25) is 0 Å². The Morgan fingerprint density at radius 2 is 1.91 bits per heavy atom. The van der Waals surface area contributed by atoms with E-state index in [1.165, 1.54) is 0 Å². The summed E-state index contributed by atoms with van der Waals surface area (Å²) in [5.41, 5.74) is 4.09. The minimum atomic E-state index is -0.456. The molecule has 2 aromatic carbocycles. The predicted molar refractivity (Wildman–Crippen MR) is 132 cm³/mol. The number of nitrogens with zero attached hydrogens (tertiary/aromatic N) is 1. The van der Waals surface area contributed by atoms with Gasteiger partial charge in [0.25, 0.3) is 5.91 Å². The van der Waals surface area contributed by atoms with E-state index >= 15 is 0 Å². The second kappa shape index (κ2) is 10.5. The van der Waals surface area contributed by atoms with Gasteiger partial charge in [0.1, 0.15) is 0 Å². The Morgan fingerprint density at radius 1 is 1.12 bits per heavy atom. The first-order valence-electron chi connectivity index (χ1n) is 11.8. The highest BCUT2D eigenvalue weighted by Crippen LogP contribution is 2.47. The van der Waals surface area contributed by atoms with E-state index in [0.29, 0.717) is 42.5 Å². The number of aryl methyl sites for hydroxylation is 1. The minimum Gasteiger partial charge on any atom is -0.396 e. The summed E-state index contributed by atoms with van der Waals surface area (Å²) in [6.45, 7) is 1.55. The summed E-state index contributed by atoms with van der Waals surface area (Å²) < 4.78 is 0. The van der Waals surface area contributed by atoms with Gasteiger partial charge in [-0.2, -0.15) is 0 Å². The number of rotatable bonds is 7. The first-order valence-corrected chi connectivity index (χ1v) is 11.8. The number of aliphatic hydroxyl groups is 3. The van der Waals surface area contributed by atoms with Gasteiger partial charge in [-0.3, -0.25) is 9.78 Å². The number of hydrogen-bond acceptors (Lipinski definition) is 5. The summed E-state index contributed by atoms with van der Waals surface area (Å²) in [6.07, 6.45) is 3.70. The van der Waals surface area contributed by atoms with E-state index in [0.717, 1.165) is 16.8 Å². The Kier molecular flexibility index (Phi) is 7.41. The van der Waals surface area contributed by atoms with E-state index in [1.807, 2.05) is 31.2 Å². The van der Waals surface area contributed by atoms with Crippen LogP contribution < -0.4 is 5.32 Å². The molecule has 0 saturated heterocycles. The summed E-state index contributed by atoms with van der Waals surface area (Å²) in [5, 5.41) is 33.9. The number of benzene rings is 2. The number of carbonyl (C=O) groups excluding carboxylic acids is 1. The number of anilines is 1.